The Balaban J connectivity index is 1.50. The van der Waals surface area contributed by atoms with Gasteiger partial charge < -0.3 is 10.2 Å². The third-order valence-corrected chi connectivity index (χ3v) is 7.57. The first-order chi connectivity index (χ1) is 13.5. The maximum absolute atomic E-state index is 13.4. The molecule has 152 valence electrons. The van der Waals surface area contributed by atoms with Crippen LogP contribution < -0.4 is 5.32 Å². The monoisotopic (exact) mass is 401 g/mol. The number of fused-ring (bicyclic) bond motifs is 1. The Morgan fingerprint density at radius 3 is 2.71 bits per heavy atom. The molecular formula is C23H32ClN3O. The molecule has 0 spiro atoms. The Kier molecular flexibility index (Phi) is 5.82. The lowest BCUT2D eigenvalue weighted by Crippen LogP contribution is -2.51. The predicted octanol–water partition coefficient (Wildman–Crippen LogP) is 3.68. The van der Waals surface area contributed by atoms with Gasteiger partial charge >= 0.3 is 0 Å². The quantitative estimate of drug-likeness (QED) is 0.738. The smallest absolute Gasteiger partial charge is 0.255 e. The maximum Gasteiger partial charge on any atom is 0.255 e. The molecule has 2 fully saturated rings. The topological polar surface area (TPSA) is 35.6 Å². The number of benzene rings is 1. The van der Waals surface area contributed by atoms with E-state index >= 15 is 0 Å². The van der Waals surface area contributed by atoms with Gasteiger partial charge in [0, 0.05) is 45.8 Å². The average Bonchev–Trinajstić information content (AvgIpc) is 2.71. The summed E-state index contributed by atoms with van der Waals surface area (Å²) < 4.78 is 0. The number of nitrogens with zero attached hydrogens (tertiary/aromatic N) is 2. The number of allylic oxidation sites excluding steroid dienone is 1. The average molecular weight is 402 g/mol. The summed E-state index contributed by atoms with van der Waals surface area (Å²) in [6.45, 7) is 11.3. The highest BCUT2D eigenvalue weighted by Crippen LogP contribution is 2.59. The zero-order chi connectivity index (χ0) is 19.7. The first-order valence-electron chi connectivity index (χ1n) is 10.6. The minimum absolute atomic E-state index is 0.0564. The molecule has 1 amide bonds. The molecule has 1 aromatic rings. The third-order valence-electron chi connectivity index (χ3n) is 7.24. The number of nitrogens with one attached hydrogen (secondary N) is 1. The fraction of sp³-hybridized carbons (Fsp3) is 0.609. The van der Waals surface area contributed by atoms with Crippen LogP contribution in [0.3, 0.4) is 0 Å². The van der Waals surface area contributed by atoms with Crippen molar-refractivity contribution in [3.05, 3.63) is 46.5 Å². The van der Waals surface area contributed by atoms with Gasteiger partial charge in [0.2, 0.25) is 0 Å². The zero-order valence-electron chi connectivity index (χ0n) is 17.1. The molecule has 5 heteroatoms. The van der Waals surface area contributed by atoms with E-state index < -0.39 is 0 Å². The molecule has 1 N–H and O–H groups in total. The normalized spacial score (nSPS) is 26.3. The summed E-state index contributed by atoms with van der Waals surface area (Å²) in [5.41, 5.74) is 2.45. The summed E-state index contributed by atoms with van der Waals surface area (Å²) >= 11 is 6.36. The molecule has 1 aliphatic heterocycles. The van der Waals surface area contributed by atoms with Crippen molar-refractivity contribution in [3.63, 3.8) is 0 Å². The Morgan fingerprint density at radius 2 is 2.04 bits per heavy atom. The molecule has 1 heterocycles. The summed E-state index contributed by atoms with van der Waals surface area (Å²) in [7, 11) is 0. The first-order valence-corrected chi connectivity index (χ1v) is 11.0. The third kappa shape index (κ3) is 3.87. The summed E-state index contributed by atoms with van der Waals surface area (Å²) in [6, 6.07) is 7.43. The molecule has 2 bridgehead atoms. The van der Waals surface area contributed by atoms with Gasteiger partial charge in [0.25, 0.3) is 5.91 Å². The Bertz CT molecular complexity index is 754. The molecule has 3 aliphatic carbocycles. The SMILES string of the molecule is CC1(C)[C@H]2CC=C(CN(CCN3CCNCC3)C(=O)c3ccccc3Cl)[C@H]1C2. The van der Waals surface area contributed by atoms with Crippen LogP contribution in [0.15, 0.2) is 35.9 Å². The van der Waals surface area contributed by atoms with Crippen LogP contribution in [0.1, 0.15) is 37.0 Å². The van der Waals surface area contributed by atoms with Gasteiger partial charge in [-0.2, -0.15) is 0 Å². The van der Waals surface area contributed by atoms with Gasteiger partial charge in [0.1, 0.15) is 0 Å². The van der Waals surface area contributed by atoms with Gasteiger partial charge in [-0.3, -0.25) is 9.69 Å². The van der Waals surface area contributed by atoms with E-state index in [9.17, 15) is 4.79 Å². The minimum Gasteiger partial charge on any atom is -0.333 e. The Hall–Kier alpha value is -1.36. The van der Waals surface area contributed by atoms with E-state index in [2.05, 4.69) is 30.1 Å². The van der Waals surface area contributed by atoms with E-state index in [4.69, 9.17) is 11.6 Å². The molecule has 1 aromatic carbocycles. The Morgan fingerprint density at radius 1 is 1.29 bits per heavy atom. The van der Waals surface area contributed by atoms with Gasteiger partial charge in [0.15, 0.2) is 0 Å². The molecule has 28 heavy (non-hydrogen) atoms. The van der Waals surface area contributed by atoms with Gasteiger partial charge in [-0.05, 0) is 42.2 Å². The van der Waals surface area contributed by atoms with Crippen molar-refractivity contribution < 1.29 is 4.79 Å². The Labute approximate surface area is 173 Å². The molecule has 5 rings (SSSR count). The number of carbonyl (C=O) groups excluding carboxylic acids is 1. The standard InChI is InChI=1S/C23H32ClN3O/c1-23(2)18-8-7-17(20(23)15-18)16-27(14-13-26-11-9-25-10-12-26)22(28)19-5-3-4-6-21(19)24/h3-7,18,20,25H,8-16H2,1-2H3/t18-,20+/m0/s1. The van der Waals surface area contributed by atoms with E-state index in [1.54, 1.807) is 0 Å². The minimum atomic E-state index is 0.0564. The number of hydrogen-bond acceptors (Lipinski definition) is 3. The molecule has 0 radical (unpaired) electrons. The molecule has 0 aromatic heterocycles. The summed E-state index contributed by atoms with van der Waals surface area (Å²) in [4.78, 5) is 17.9. The number of rotatable bonds is 6. The van der Waals surface area contributed by atoms with E-state index in [-0.39, 0.29) is 5.91 Å². The maximum atomic E-state index is 13.4. The molecule has 2 atom stereocenters. The molecule has 4 aliphatic rings. The van der Waals surface area contributed by atoms with Crippen LogP contribution in [0.5, 0.6) is 0 Å². The van der Waals surface area contributed by atoms with Crippen molar-refractivity contribution in [2.75, 3.05) is 45.8 Å². The number of hydrogen-bond donors (Lipinski definition) is 1. The lowest BCUT2D eigenvalue weighted by Gasteiger charge is -2.57. The number of carbonyl (C=O) groups is 1. The fourth-order valence-corrected chi connectivity index (χ4v) is 5.35. The molecular weight excluding hydrogens is 370 g/mol. The number of amides is 1. The van der Waals surface area contributed by atoms with Crippen molar-refractivity contribution in [1.82, 2.24) is 15.1 Å². The second kappa shape index (κ2) is 8.17. The summed E-state index contributed by atoms with van der Waals surface area (Å²) in [5, 5.41) is 3.94. The fourth-order valence-electron chi connectivity index (χ4n) is 5.13. The summed E-state index contributed by atoms with van der Waals surface area (Å²) in [5.74, 6) is 1.49. The van der Waals surface area contributed by atoms with Crippen molar-refractivity contribution in [3.8, 4) is 0 Å². The highest BCUT2D eigenvalue weighted by atomic mass is 35.5. The van der Waals surface area contributed by atoms with Crippen molar-refractivity contribution >= 4 is 17.5 Å². The van der Waals surface area contributed by atoms with Crippen LogP contribution in [0.4, 0.5) is 0 Å². The van der Waals surface area contributed by atoms with Gasteiger partial charge in [-0.15, -0.1) is 0 Å². The van der Waals surface area contributed by atoms with Crippen LogP contribution >= 0.6 is 11.6 Å². The molecule has 1 saturated heterocycles. The molecule has 0 unspecified atom stereocenters. The zero-order valence-corrected chi connectivity index (χ0v) is 17.8. The van der Waals surface area contributed by atoms with Gasteiger partial charge in [-0.1, -0.05) is 49.2 Å². The van der Waals surface area contributed by atoms with Crippen LogP contribution in [0.2, 0.25) is 5.02 Å². The largest absolute Gasteiger partial charge is 0.333 e. The lowest BCUT2D eigenvalue weighted by atomic mass is 9.49. The van der Waals surface area contributed by atoms with Crippen molar-refractivity contribution in [2.45, 2.75) is 26.7 Å². The molecule has 4 nitrogen and oxygen atoms in total. The molecule has 1 saturated carbocycles. The van der Waals surface area contributed by atoms with E-state index in [1.807, 2.05) is 29.2 Å². The van der Waals surface area contributed by atoms with Gasteiger partial charge in [-0.25, -0.2) is 0 Å². The van der Waals surface area contributed by atoms with Crippen LogP contribution in [-0.2, 0) is 0 Å². The van der Waals surface area contributed by atoms with Crippen molar-refractivity contribution in [1.29, 1.82) is 0 Å². The van der Waals surface area contributed by atoms with E-state index in [0.29, 0.717) is 21.9 Å². The second-order valence-corrected chi connectivity index (χ2v) is 9.53. The lowest BCUT2D eigenvalue weighted by molar-refractivity contribution is -0.0105. The van der Waals surface area contributed by atoms with Crippen molar-refractivity contribution in [2.24, 2.45) is 17.3 Å². The van der Waals surface area contributed by atoms with Crippen LogP contribution in [0, 0.1) is 17.3 Å². The first kappa shape index (κ1) is 19.9. The predicted molar refractivity (Wildman–Crippen MR) is 115 cm³/mol. The van der Waals surface area contributed by atoms with Crippen LogP contribution in [0.25, 0.3) is 0 Å². The highest BCUT2D eigenvalue weighted by Gasteiger charge is 2.51. The summed E-state index contributed by atoms with van der Waals surface area (Å²) in [6.07, 6.45) is 4.84. The number of piperazine rings is 1. The van der Waals surface area contributed by atoms with Gasteiger partial charge in [0.05, 0.1) is 10.6 Å². The number of halogens is 1. The van der Waals surface area contributed by atoms with E-state index in [0.717, 1.165) is 58.2 Å². The van der Waals surface area contributed by atoms with Crippen LogP contribution in [-0.4, -0.2) is 61.5 Å². The highest BCUT2D eigenvalue weighted by molar-refractivity contribution is 6.33. The second-order valence-electron chi connectivity index (χ2n) is 9.12. The van der Waals surface area contributed by atoms with E-state index in [1.165, 1.54) is 12.0 Å².